The third-order valence-corrected chi connectivity index (χ3v) is 4.12. The quantitative estimate of drug-likeness (QED) is 0.910. The first-order valence-electron chi connectivity index (χ1n) is 5.33. The summed E-state index contributed by atoms with van der Waals surface area (Å²) in [5.74, 6) is -0.934. The van der Waals surface area contributed by atoms with Crippen LogP contribution in [0, 0.1) is 12.7 Å². The number of carbonyl (C=O) groups is 1. The molecule has 0 bridgehead atoms. The van der Waals surface area contributed by atoms with Crippen molar-refractivity contribution in [1.29, 1.82) is 0 Å². The first-order valence-corrected chi connectivity index (χ1v) is 7.07. The molecule has 2 nitrogen and oxygen atoms in total. The number of thiophene rings is 1. The van der Waals surface area contributed by atoms with Crippen LogP contribution in [0.25, 0.3) is 0 Å². The molecule has 0 aliphatic heterocycles. The van der Waals surface area contributed by atoms with Crippen molar-refractivity contribution in [3.05, 3.63) is 55.9 Å². The zero-order valence-electron chi connectivity index (χ0n) is 9.67. The Kier molecular flexibility index (Phi) is 4.14. The smallest absolute Gasteiger partial charge is 0.254 e. The number of nitrogens with one attached hydrogen (secondary N) is 1. The number of carbonyl (C=O) groups excluding carboxylic acids is 1. The van der Waals surface area contributed by atoms with E-state index in [1.807, 2.05) is 17.7 Å². The van der Waals surface area contributed by atoms with Crippen molar-refractivity contribution in [2.45, 2.75) is 13.5 Å². The Morgan fingerprint density at radius 2 is 2.22 bits per heavy atom. The van der Waals surface area contributed by atoms with E-state index in [-0.39, 0.29) is 5.56 Å². The molecule has 18 heavy (non-hydrogen) atoms. The summed E-state index contributed by atoms with van der Waals surface area (Å²) in [4.78, 5) is 11.9. The van der Waals surface area contributed by atoms with E-state index in [4.69, 9.17) is 0 Å². The maximum atomic E-state index is 13.7. The Balaban J connectivity index is 2.09. The Morgan fingerprint density at radius 3 is 2.89 bits per heavy atom. The SMILES string of the molecule is Cc1cscc1CNC(=O)c1cccc(Br)c1F. The second-order valence-corrected chi connectivity index (χ2v) is 5.46. The van der Waals surface area contributed by atoms with Gasteiger partial charge < -0.3 is 5.32 Å². The molecular weight excluding hydrogens is 317 g/mol. The lowest BCUT2D eigenvalue weighted by atomic mass is 10.2. The van der Waals surface area contributed by atoms with Gasteiger partial charge in [0, 0.05) is 6.54 Å². The molecule has 1 N–H and O–H groups in total. The van der Waals surface area contributed by atoms with Gasteiger partial charge in [0.15, 0.2) is 0 Å². The van der Waals surface area contributed by atoms with Crippen molar-refractivity contribution in [1.82, 2.24) is 5.32 Å². The van der Waals surface area contributed by atoms with Gasteiger partial charge in [0.1, 0.15) is 5.82 Å². The van der Waals surface area contributed by atoms with E-state index < -0.39 is 11.7 Å². The number of hydrogen-bond acceptors (Lipinski definition) is 2. The van der Waals surface area contributed by atoms with Crippen molar-refractivity contribution >= 4 is 33.2 Å². The fourth-order valence-corrected chi connectivity index (χ4v) is 2.74. The molecule has 0 saturated carbocycles. The summed E-state index contributed by atoms with van der Waals surface area (Å²) in [6.45, 7) is 2.40. The van der Waals surface area contributed by atoms with E-state index in [1.54, 1.807) is 23.5 Å². The summed E-state index contributed by atoms with van der Waals surface area (Å²) in [5, 5.41) is 6.71. The third kappa shape index (κ3) is 2.79. The molecule has 0 aliphatic rings. The number of rotatable bonds is 3. The Hall–Kier alpha value is -1.20. The highest BCUT2D eigenvalue weighted by molar-refractivity contribution is 9.10. The van der Waals surface area contributed by atoms with Crippen LogP contribution in [0.3, 0.4) is 0 Å². The molecule has 0 spiro atoms. The van der Waals surface area contributed by atoms with E-state index in [9.17, 15) is 9.18 Å². The zero-order valence-corrected chi connectivity index (χ0v) is 12.1. The van der Waals surface area contributed by atoms with E-state index in [0.717, 1.165) is 11.1 Å². The molecule has 0 saturated heterocycles. The van der Waals surface area contributed by atoms with Gasteiger partial charge in [-0.3, -0.25) is 4.79 Å². The van der Waals surface area contributed by atoms with Crippen molar-refractivity contribution in [3.8, 4) is 0 Å². The summed E-state index contributed by atoms with van der Waals surface area (Å²) >= 11 is 4.65. The maximum Gasteiger partial charge on any atom is 0.254 e. The molecule has 0 unspecified atom stereocenters. The van der Waals surface area contributed by atoms with Gasteiger partial charge in [0.05, 0.1) is 10.0 Å². The molecule has 1 heterocycles. The molecule has 0 atom stereocenters. The van der Waals surface area contributed by atoms with Crippen molar-refractivity contribution in [2.75, 3.05) is 0 Å². The van der Waals surface area contributed by atoms with Crippen molar-refractivity contribution in [2.24, 2.45) is 0 Å². The average molecular weight is 328 g/mol. The largest absolute Gasteiger partial charge is 0.348 e. The summed E-state index contributed by atoms with van der Waals surface area (Å²) in [7, 11) is 0. The molecule has 0 radical (unpaired) electrons. The first kappa shape index (κ1) is 13.2. The predicted molar refractivity (Wildman–Crippen MR) is 74.3 cm³/mol. The number of amides is 1. The first-order chi connectivity index (χ1) is 8.59. The molecule has 5 heteroatoms. The molecule has 2 rings (SSSR count). The monoisotopic (exact) mass is 327 g/mol. The van der Waals surface area contributed by atoms with Crippen LogP contribution in [0.5, 0.6) is 0 Å². The van der Waals surface area contributed by atoms with Gasteiger partial charge in [0.2, 0.25) is 0 Å². The van der Waals surface area contributed by atoms with Crippen LogP contribution >= 0.6 is 27.3 Å². The van der Waals surface area contributed by atoms with Crippen LogP contribution in [0.2, 0.25) is 0 Å². The van der Waals surface area contributed by atoms with Crippen LogP contribution in [0.1, 0.15) is 21.5 Å². The Morgan fingerprint density at radius 1 is 1.44 bits per heavy atom. The van der Waals surface area contributed by atoms with Crippen molar-refractivity contribution < 1.29 is 9.18 Å². The van der Waals surface area contributed by atoms with Crippen molar-refractivity contribution in [3.63, 3.8) is 0 Å². The molecule has 1 aromatic heterocycles. The Bertz CT molecular complexity index is 582. The summed E-state index contributed by atoms with van der Waals surface area (Å²) < 4.78 is 14.0. The normalized spacial score (nSPS) is 10.4. The number of benzene rings is 1. The van der Waals surface area contributed by atoms with E-state index in [2.05, 4.69) is 21.2 Å². The molecule has 94 valence electrons. The molecule has 1 aromatic carbocycles. The highest BCUT2D eigenvalue weighted by Crippen LogP contribution is 2.19. The van der Waals surface area contributed by atoms with Gasteiger partial charge in [-0.05, 0) is 56.9 Å². The van der Waals surface area contributed by atoms with Crippen LogP contribution in [-0.2, 0) is 6.54 Å². The zero-order chi connectivity index (χ0) is 13.1. The molecule has 1 amide bonds. The van der Waals surface area contributed by atoms with Gasteiger partial charge in [-0.1, -0.05) is 6.07 Å². The molecular formula is C13H11BrFNOS. The van der Waals surface area contributed by atoms with Gasteiger partial charge in [0.25, 0.3) is 5.91 Å². The fourth-order valence-electron chi connectivity index (χ4n) is 1.52. The minimum absolute atomic E-state index is 0.0530. The van der Waals surface area contributed by atoms with Gasteiger partial charge >= 0.3 is 0 Å². The third-order valence-electron chi connectivity index (χ3n) is 2.60. The second kappa shape index (κ2) is 5.63. The van der Waals surface area contributed by atoms with Crippen LogP contribution < -0.4 is 5.32 Å². The van der Waals surface area contributed by atoms with E-state index in [1.165, 1.54) is 6.07 Å². The fraction of sp³-hybridized carbons (Fsp3) is 0.154. The topological polar surface area (TPSA) is 29.1 Å². The van der Waals surface area contributed by atoms with Gasteiger partial charge in [-0.25, -0.2) is 4.39 Å². The lowest BCUT2D eigenvalue weighted by molar-refractivity contribution is 0.0946. The average Bonchev–Trinajstić information content (AvgIpc) is 2.75. The van der Waals surface area contributed by atoms with Gasteiger partial charge in [-0.2, -0.15) is 11.3 Å². The minimum Gasteiger partial charge on any atom is -0.348 e. The number of hydrogen-bond donors (Lipinski definition) is 1. The minimum atomic E-state index is -0.531. The predicted octanol–water partition coefficient (Wildman–Crippen LogP) is 3.89. The second-order valence-electron chi connectivity index (χ2n) is 3.86. The van der Waals surface area contributed by atoms with Crippen LogP contribution in [0.4, 0.5) is 4.39 Å². The highest BCUT2D eigenvalue weighted by Gasteiger charge is 2.13. The highest BCUT2D eigenvalue weighted by atomic mass is 79.9. The molecule has 0 fully saturated rings. The maximum absolute atomic E-state index is 13.7. The van der Waals surface area contributed by atoms with Gasteiger partial charge in [-0.15, -0.1) is 0 Å². The lowest BCUT2D eigenvalue weighted by Crippen LogP contribution is -2.24. The number of halogens is 2. The van der Waals surface area contributed by atoms with E-state index >= 15 is 0 Å². The standard InChI is InChI=1S/C13H11BrFNOS/c1-8-6-18-7-9(8)5-16-13(17)10-3-2-4-11(14)12(10)15/h2-4,6-7H,5H2,1H3,(H,16,17). The lowest BCUT2D eigenvalue weighted by Gasteiger charge is -2.06. The number of aryl methyl sites for hydroxylation is 1. The summed E-state index contributed by atoms with van der Waals surface area (Å²) in [6, 6.07) is 4.67. The van der Waals surface area contributed by atoms with Crippen LogP contribution in [0.15, 0.2) is 33.4 Å². The summed E-state index contributed by atoms with van der Waals surface area (Å²) in [5.41, 5.74) is 2.25. The van der Waals surface area contributed by atoms with Crippen LogP contribution in [-0.4, -0.2) is 5.91 Å². The summed E-state index contributed by atoms with van der Waals surface area (Å²) in [6.07, 6.45) is 0. The van der Waals surface area contributed by atoms with E-state index in [0.29, 0.717) is 11.0 Å². The Labute approximate surface area is 117 Å². The molecule has 0 aliphatic carbocycles. The molecule has 2 aromatic rings.